The number of carboxylic acids is 1. The fraction of sp³-hybridized carbons (Fsp3) is 0.714. The quantitative estimate of drug-likeness (QED) is 0.604. The van der Waals surface area contributed by atoms with Crippen molar-refractivity contribution >= 4 is 23.8 Å². The number of likely N-dealkylation sites (tertiary alicyclic amines) is 1. The molecule has 1 aliphatic rings. The van der Waals surface area contributed by atoms with Gasteiger partial charge in [0.15, 0.2) is 0 Å². The predicted molar refractivity (Wildman–Crippen MR) is 46.4 cm³/mol. The third kappa shape index (κ3) is 1.91. The Balaban J connectivity index is 2.67. The molecular formula is C7H11NO3S. The first kappa shape index (κ1) is 9.38. The number of aliphatic carboxylic acids is 1. The van der Waals surface area contributed by atoms with Crippen LogP contribution < -0.4 is 0 Å². The zero-order valence-electron chi connectivity index (χ0n) is 6.56. The summed E-state index contributed by atoms with van der Waals surface area (Å²) in [6.07, 6.45) is 2.28. The van der Waals surface area contributed by atoms with E-state index in [0.717, 1.165) is 12.8 Å². The molecule has 1 rings (SSSR count). The van der Waals surface area contributed by atoms with E-state index in [0.29, 0.717) is 13.0 Å². The summed E-state index contributed by atoms with van der Waals surface area (Å²) in [6, 6.07) is -0.663. The van der Waals surface area contributed by atoms with Gasteiger partial charge >= 0.3 is 5.97 Å². The molecule has 0 aromatic rings. The van der Waals surface area contributed by atoms with E-state index in [-0.39, 0.29) is 0 Å². The van der Waals surface area contributed by atoms with E-state index in [1.54, 1.807) is 0 Å². The van der Waals surface area contributed by atoms with E-state index in [1.807, 2.05) is 0 Å². The molecule has 1 aliphatic heterocycles. The molecule has 5 heteroatoms. The van der Waals surface area contributed by atoms with E-state index < -0.39 is 17.3 Å². The van der Waals surface area contributed by atoms with Crippen LogP contribution in [0.25, 0.3) is 0 Å². The van der Waals surface area contributed by atoms with Crippen LogP contribution in [0.15, 0.2) is 0 Å². The molecule has 0 aromatic carbocycles. The number of carbonyl (C=O) groups is 2. The highest BCUT2D eigenvalue weighted by molar-refractivity contribution is 7.96. The number of piperidine rings is 1. The Kier molecular flexibility index (Phi) is 2.97. The van der Waals surface area contributed by atoms with Gasteiger partial charge in [-0.2, -0.15) is 0 Å². The number of amides is 1. The lowest BCUT2D eigenvalue weighted by Gasteiger charge is -2.31. The Morgan fingerprint density at radius 3 is 2.50 bits per heavy atom. The molecule has 0 bridgehead atoms. The molecule has 0 aliphatic carbocycles. The monoisotopic (exact) mass is 189 g/mol. The second kappa shape index (κ2) is 3.80. The van der Waals surface area contributed by atoms with Crippen molar-refractivity contribution in [3.05, 3.63) is 0 Å². The number of carbonyl (C=O) groups excluding carboxylic acids is 1. The number of hydrogen-bond donors (Lipinski definition) is 2. The van der Waals surface area contributed by atoms with Crippen molar-refractivity contribution in [2.24, 2.45) is 0 Å². The lowest BCUT2D eigenvalue weighted by molar-refractivity contribution is -0.143. The highest BCUT2D eigenvalue weighted by atomic mass is 32.1. The van der Waals surface area contributed by atoms with E-state index in [1.165, 1.54) is 4.90 Å². The lowest BCUT2D eigenvalue weighted by atomic mass is 10.0. The molecule has 0 saturated carbocycles. The summed E-state index contributed by atoms with van der Waals surface area (Å²) in [6.45, 7) is 0.513. The fourth-order valence-electron chi connectivity index (χ4n) is 1.42. The van der Waals surface area contributed by atoms with Crippen LogP contribution >= 0.6 is 12.6 Å². The summed E-state index contributed by atoms with van der Waals surface area (Å²) in [5.74, 6) is -0.933. The molecule has 1 heterocycles. The minimum atomic E-state index is -0.933. The molecule has 12 heavy (non-hydrogen) atoms. The summed E-state index contributed by atoms with van der Waals surface area (Å²) in [5, 5.41) is 8.29. The normalized spacial score (nSPS) is 23.8. The van der Waals surface area contributed by atoms with E-state index in [9.17, 15) is 9.59 Å². The van der Waals surface area contributed by atoms with Crippen LogP contribution in [-0.4, -0.2) is 33.8 Å². The molecular weight excluding hydrogens is 178 g/mol. The van der Waals surface area contributed by atoms with Crippen molar-refractivity contribution in [3.8, 4) is 0 Å². The zero-order valence-corrected chi connectivity index (χ0v) is 7.46. The Labute approximate surface area is 76.0 Å². The standard InChI is InChI=1S/C7H11NO3S/c9-6(10)5-3-1-2-4-8(5)7(11)12/h5H,1-4H2,(H,9,10)(H,11,12)/t5-/m1/s1. The molecule has 68 valence electrons. The van der Waals surface area contributed by atoms with Crippen LogP contribution in [-0.2, 0) is 4.79 Å². The molecule has 0 unspecified atom stereocenters. The third-order valence-electron chi connectivity index (χ3n) is 2.03. The summed E-state index contributed by atoms with van der Waals surface area (Å²) in [7, 11) is 0. The molecule has 0 spiro atoms. The molecule has 0 radical (unpaired) electrons. The van der Waals surface area contributed by atoms with Gasteiger partial charge in [0.05, 0.1) is 0 Å². The van der Waals surface area contributed by atoms with Gasteiger partial charge < -0.3 is 10.0 Å². The van der Waals surface area contributed by atoms with Crippen LogP contribution in [0.5, 0.6) is 0 Å². The van der Waals surface area contributed by atoms with Gasteiger partial charge in [-0.05, 0) is 19.3 Å². The summed E-state index contributed by atoms with van der Waals surface area (Å²) < 4.78 is 0. The maximum atomic E-state index is 10.8. The highest BCUT2D eigenvalue weighted by Crippen LogP contribution is 2.18. The second-order valence-corrected chi connectivity index (χ2v) is 3.21. The molecule has 1 atom stereocenters. The number of thiol groups is 1. The van der Waals surface area contributed by atoms with Gasteiger partial charge in [0.25, 0.3) is 5.24 Å². The summed E-state index contributed by atoms with van der Waals surface area (Å²) >= 11 is 3.62. The number of hydrogen-bond acceptors (Lipinski definition) is 2. The molecule has 1 saturated heterocycles. The van der Waals surface area contributed by atoms with Gasteiger partial charge in [-0.3, -0.25) is 4.79 Å². The van der Waals surface area contributed by atoms with Crippen LogP contribution in [0.2, 0.25) is 0 Å². The molecule has 1 fully saturated rings. The van der Waals surface area contributed by atoms with E-state index in [4.69, 9.17) is 5.11 Å². The topological polar surface area (TPSA) is 57.6 Å². The van der Waals surface area contributed by atoms with Crippen molar-refractivity contribution in [1.29, 1.82) is 0 Å². The van der Waals surface area contributed by atoms with Gasteiger partial charge in [-0.1, -0.05) is 12.6 Å². The SMILES string of the molecule is O=C(O)[C@H]1CCCCN1C(=O)S. The van der Waals surface area contributed by atoms with Crippen LogP contribution in [0.1, 0.15) is 19.3 Å². The Bertz CT molecular complexity index is 185. The van der Waals surface area contributed by atoms with Gasteiger partial charge in [-0.15, -0.1) is 0 Å². The van der Waals surface area contributed by atoms with E-state index in [2.05, 4.69) is 12.6 Å². The molecule has 0 aromatic heterocycles. The van der Waals surface area contributed by atoms with Crippen molar-refractivity contribution in [3.63, 3.8) is 0 Å². The Hall–Kier alpha value is -0.710. The Morgan fingerprint density at radius 1 is 1.42 bits per heavy atom. The maximum absolute atomic E-state index is 10.8. The number of rotatable bonds is 1. The van der Waals surface area contributed by atoms with Crippen LogP contribution in [0.3, 0.4) is 0 Å². The third-order valence-corrected chi connectivity index (χ3v) is 2.29. The molecule has 4 nitrogen and oxygen atoms in total. The van der Waals surface area contributed by atoms with Gasteiger partial charge in [0.2, 0.25) is 0 Å². The molecule has 1 amide bonds. The minimum absolute atomic E-state index is 0.442. The first-order chi connectivity index (χ1) is 5.63. The smallest absolute Gasteiger partial charge is 0.326 e. The average Bonchev–Trinajstić information content (AvgIpc) is 2.04. The zero-order chi connectivity index (χ0) is 9.14. The first-order valence-electron chi connectivity index (χ1n) is 3.85. The minimum Gasteiger partial charge on any atom is -0.480 e. The molecule has 1 N–H and O–H groups in total. The predicted octanol–water partition coefficient (Wildman–Crippen LogP) is 0.975. The summed E-state index contributed by atoms with van der Waals surface area (Å²) in [4.78, 5) is 22.8. The summed E-state index contributed by atoms with van der Waals surface area (Å²) in [5.41, 5.74) is 0. The van der Waals surface area contributed by atoms with Crippen LogP contribution in [0, 0.1) is 0 Å². The highest BCUT2D eigenvalue weighted by Gasteiger charge is 2.30. The van der Waals surface area contributed by atoms with Gasteiger partial charge in [0.1, 0.15) is 6.04 Å². The largest absolute Gasteiger partial charge is 0.480 e. The number of carboxylic acid groups (broad SMARTS) is 1. The van der Waals surface area contributed by atoms with Crippen molar-refractivity contribution in [2.75, 3.05) is 6.54 Å². The Morgan fingerprint density at radius 2 is 2.08 bits per heavy atom. The first-order valence-corrected chi connectivity index (χ1v) is 4.30. The van der Waals surface area contributed by atoms with Crippen molar-refractivity contribution < 1.29 is 14.7 Å². The fourth-order valence-corrected chi connectivity index (χ4v) is 1.66. The average molecular weight is 189 g/mol. The number of nitrogens with zero attached hydrogens (tertiary/aromatic N) is 1. The van der Waals surface area contributed by atoms with Gasteiger partial charge in [0, 0.05) is 6.54 Å². The lowest BCUT2D eigenvalue weighted by Crippen LogP contribution is -2.45. The van der Waals surface area contributed by atoms with Crippen molar-refractivity contribution in [2.45, 2.75) is 25.3 Å². The maximum Gasteiger partial charge on any atom is 0.326 e. The van der Waals surface area contributed by atoms with Gasteiger partial charge in [-0.25, -0.2) is 4.79 Å². The second-order valence-electron chi connectivity index (χ2n) is 2.83. The van der Waals surface area contributed by atoms with Crippen molar-refractivity contribution in [1.82, 2.24) is 4.90 Å². The van der Waals surface area contributed by atoms with E-state index >= 15 is 0 Å². The van der Waals surface area contributed by atoms with Crippen LogP contribution in [0.4, 0.5) is 4.79 Å².